The maximum atomic E-state index is 6.15. The minimum absolute atomic E-state index is 0.542. The van der Waals surface area contributed by atoms with Gasteiger partial charge in [0.25, 0.3) is 0 Å². The molecule has 3 aromatic carbocycles. The summed E-state index contributed by atoms with van der Waals surface area (Å²) in [6.07, 6.45) is 0. The number of benzene rings is 3. The quantitative estimate of drug-likeness (QED) is 0.610. The molecule has 0 aliphatic heterocycles. The third-order valence-electron chi connectivity index (χ3n) is 3.79. The monoisotopic (exact) mass is 337 g/mol. The van der Waals surface area contributed by atoms with E-state index in [0.29, 0.717) is 18.2 Å². The molecule has 24 heavy (non-hydrogen) atoms. The number of aryl methyl sites for hydroxylation is 1. The Balaban J connectivity index is 1.69. The summed E-state index contributed by atoms with van der Waals surface area (Å²) in [5.41, 5.74) is 4.51. The van der Waals surface area contributed by atoms with E-state index in [1.54, 1.807) is 0 Å². The number of halogens is 1. The van der Waals surface area contributed by atoms with Crippen LogP contribution >= 0.6 is 11.6 Å². The Morgan fingerprint density at radius 3 is 2.42 bits per heavy atom. The van der Waals surface area contributed by atoms with Gasteiger partial charge in [0.15, 0.2) is 0 Å². The summed E-state index contributed by atoms with van der Waals surface area (Å²) in [6.45, 7) is 3.28. The maximum Gasteiger partial charge on any atom is 0.124 e. The number of hydrogen-bond donors (Lipinski definition) is 1. The van der Waals surface area contributed by atoms with E-state index in [1.807, 2.05) is 36.4 Å². The van der Waals surface area contributed by atoms with Crippen molar-refractivity contribution in [2.75, 3.05) is 5.32 Å². The fourth-order valence-corrected chi connectivity index (χ4v) is 2.63. The molecular formula is C21H20ClNO. The first-order valence-corrected chi connectivity index (χ1v) is 8.34. The molecular weight excluding hydrogens is 318 g/mol. The van der Waals surface area contributed by atoms with Gasteiger partial charge in [-0.3, -0.25) is 0 Å². The highest BCUT2D eigenvalue weighted by atomic mass is 35.5. The first kappa shape index (κ1) is 16.4. The van der Waals surface area contributed by atoms with E-state index in [1.165, 1.54) is 5.56 Å². The van der Waals surface area contributed by atoms with Crippen molar-refractivity contribution in [1.29, 1.82) is 0 Å². The van der Waals surface area contributed by atoms with Crippen molar-refractivity contribution in [3.05, 3.63) is 94.5 Å². The van der Waals surface area contributed by atoms with Crippen molar-refractivity contribution in [3.63, 3.8) is 0 Å². The number of ether oxygens (including phenoxy) is 1. The Morgan fingerprint density at radius 1 is 0.917 bits per heavy atom. The topological polar surface area (TPSA) is 21.3 Å². The number of nitrogens with one attached hydrogen (secondary N) is 1. The lowest BCUT2D eigenvalue weighted by Gasteiger charge is -2.14. The molecule has 0 aromatic heterocycles. The van der Waals surface area contributed by atoms with Crippen LogP contribution in [0.1, 0.15) is 16.7 Å². The summed E-state index contributed by atoms with van der Waals surface area (Å²) in [6, 6.07) is 24.2. The lowest BCUT2D eigenvalue weighted by Crippen LogP contribution is -2.04. The van der Waals surface area contributed by atoms with Crippen molar-refractivity contribution in [2.24, 2.45) is 0 Å². The molecule has 0 fully saturated rings. The van der Waals surface area contributed by atoms with Gasteiger partial charge in [0.2, 0.25) is 0 Å². The van der Waals surface area contributed by atoms with Crippen LogP contribution in [0.5, 0.6) is 5.75 Å². The average Bonchev–Trinajstić information content (AvgIpc) is 2.61. The zero-order chi connectivity index (χ0) is 16.8. The summed E-state index contributed by atoms with van der Waals surface area (Å²) >= 11 is 6.15. The molecule has 3 heteroatoms. The highest BCUT2D eigenvalue weighted by Gasteiger charge is 2.06. The van der Waals surface area contributed by atoms with Gasteiger partial charge in [-0.15, -0.1) is 0 Å². The largest absolute Gasteiger partial charge is 0.489 e. The molecule has 0 unspecified atom stereocenters. The first-order valence-electron chi connectivity index (χ1n) is 7.96. The van der Waals surface area contributed by atoms with E-state index >= 15 is 0 Å². The fraction of sp³-hybridized carbons (Fsp3) is 0.143. The third kappa shape index (κ3) is 4.53. The second kappa shape index (κ2) is 7.89. The van der Waals surface area contributed by atoms with Crippen molar-refractivity contribution < 1.29 is 4.74 Å². The Bertz CT molecular complexity index is 785. The van der Waals surface area contributed by atoms with E-state index in [9.17, 15) is 0 Å². The van der Waals surface area contributed by atoms with Gasteiger partial charge in [0, 0.05) is 22.8 Å². The molecule has 2 nitrogen and oxygen atoms in total. The van der Waals surface area contributed by atoms with Gasteiger partial charge in [-0.1, -0.05) is 59.6 Å². The smallest absolute Gasteiger partial charge is 0.124 e. The predicted octanol–water partition coefficient (Wildman–Crippen LogP) is 5.84. The Kier molecular flexibility index (Phi) is 5.39. The molecule has 0 bridgehead atoms. The Morgan fingerprint density at radius 2 is 1.67 bits per heavy atom. The van der Waals surface area contributed by atoms with Crippen molar-refractivity contribution in [3.8, 4) is 5.75 Å². The van der Waals surface area contributed by atoms with Crippen LogP contribution in [0.3, 0.4) is 0 Å². The standard InChI is InChI=1S/C21H20ClNO/c1-16-7-10-20(11-8-16)23-14-18-13-19(22)9-12-21(18)24-15-17-5-3-2-4-6-17/h2-13,23H,14-15H2,1H3. The van der Waals surface area contributed by atoms with Crippen LogP contribution in [0.15, 0.2) is 72.8 Å². The van der Waals surface area contributed by atoms with Crippen LogP contribution in [0.4, 0.5) is 5.69 Å². The van der Waals surface area contributed by atoms with Crippen LogP contribution in [0.25, 0.3) is 0 Å². The average molecular weight is 338 g/mol. The van der Waals surface area contributed by atoms with Crippen LogP contribution in [-0.2, 0) is 13.2 Å². The molecule has 0 amide bonds. The van der Waals surface area contributed by atoms with Gasteiger partial charge in [-0.05, 0) is 42.8 Å². The second-order valence-corrected chi connectivity index (χ2v) is 6.18. The van der Waals surface area contributed by atoms with E-state index in [2.05, 4.69) is 48.6 Å². The molecule has 0 saturated heterocycles. The molecule has 0 heterocycles. The fourth-order valence-electron chi connectivity index (χ4n) is 2.43. The first-order chi connectivity index (χ1) is 11.7. The minimum Gasteiger partial charge on any atom is -0.489 e. The van der Waals surface area contributed by atoms with E-state index in [4.69, 9.17) is 16.3 Å². The van der Waals surface area contributed by atoms with Gasteiger partial charge in [0.05, 0.1) is 0 Å². The van der Waals surface area contributed by atoms with Gasteiger partial charge in [-0.2, -0.15) is 0 Å². The molecule has 1 N–H and O–H groups in total. The van der Waals surface area contributed by atoms with Gasteiger partial charge < -0.3 is 10.1 Å². The molecule has 0 atom stereocenters. The SMILES string of the molecule is Cc1ccc(NCc2cc(Cl)ccc2OCc2ccccc2)cc1. The van der Waals surface area contributed by atoms with E-state index in [0.717, 1.165) is 22.6 Å². The second-order valence-electron chi connectivity index (χ2n) is 5.75. The Labute approximate surface area is 148 Å². The van der Waals surface area contributed by atoms with E-state index in [-0.39, 0.29) is 0 Å². The molecule has 122 valence electrons. The summed E-state index contributed by atoms with van der Waals surface area (Å²) in [7, 11) is 0. The lowest BCUT2D eigenvalue weighted by molar-refractivity contribution is 0.303. The highest BCUT2D eigenvalue weighted by molar-refractivity contribution is 6.30. The number of rotatable bonds is 6. The van der Waals surface area contributed by atoms with Crippen LogP contribution < -0.4 is 10.1 Å². The molecule has 0 aliphatic carbocycles. The molecule has 0 aliphatic rings. The van der Waals surface area contributed by atoms with Crippen LogP contribution in [0, 0.1) is 6.92 Å². The summed E-state index contributed by atoms with van der Waals surface area (Å²) in [5, 5.41) is 4.13. The number of anilines is 1. The normalized spacial score (nSPS) is 10.4. The molecule has 0 saturated carbocycles. The summed E-state index contributed by atoms with van der Waals surface area (Å²) < 4.78 is 5.99. The molecule has 3 rings (SSSR count). The molecule has 3 aromatic rings. The van der Waals surface area contributed by atoms with Gasteiger partial charge in [0.1, 0.15) is 12.4 Å². The lowest BCUT2D eigenvalue weighted by atomic mass is 10.1. The number of hydrogen-bond acceptors (Lipinski definition) is 2. The van der Waals surface area contributed by atoms with Gasteiger partial charge in [-0.25, -0.2) is 0 Å². The van der Waals surface area contributed by atoms with Crippen molar-refractivity contribution >= 4 is 17.3 Å². The highest BCUT2D eigenvalue weighted by Crippen LogP contribution is 2.25. The minimum atomic E-state index is 0.542. The summed E-state index contributed by atoms with van der Waals surface area (Å²) in [4.78, 5) is 0. The summed E-state index contributed by atoms with van der Waals surface area (Å²) in [5.74, 6) is 0.850. The molecule has 0 spiro atoms. The maximum absolute atomic E-state index is 6.15. The van der Waals surface area contributed by atoms with Gasteiger partial charge >= 0.3 is 0 Å². The zero-order valence-electron chi connectivity index (χ0n) is 13.6. The Hall–Kier alpha value is -2.45. The third-order valence-corrected chi connectivity index (χ3v) is 4.03. The molecule has 0 radical (unpaired) electrons. The van der Waals surface area contributed by atoms with Crippen molar-refractivity contribution in [1.82, 2.24) is 0 Å². The predicted molar refractivity (Wildman–Crippen MR) is 101 cm³/mol. The van der Waals surface area contributed by atoms with E-state index < -0.39 is 0 Å². The van der Waals surface area contributed by atoms with Crippen LogP contribution in [0.2, 0.25) is 5.02 Å². The van der Waals surface area contributed by atoms with Crippen LogP contribution in [-0.4, -0.2) is 0 Å². The zero-order valence-corrected chi connectivity index (χ0v) is 14.4. The van der Waals surface area contributed by atoms with Crippen molar-refractivity contribution in [2.45, 2.75) is 20.1 Å².